The standard InChI is InChI=1S/C9H16ClN3O3/c1-4-13(3)8(15)6(2)11-9(16)12-7(14)5-10/h6H,4-5H2,1-3H3,(H2,11,12,14,16). The van der Waals surface area contributed by atoms with E-state index in [-0.39, 0.29) is 11.8 Å². The Balaban J connectivity index is 4.14. The number of rotatable bonds is 4. The van der Waals surface area contributed by atoms with Crippen LogP contribution >= 0.6 is 11.6 Å². The summed E-state index contributed by atoms with van der Waals surface area (Å²) in [6.45, 7) is 3.91. The van der Waals surface area contributed by atoms with Gasteiger partial charge in [-0.3, -0.25) is 14.9 Å². The van der Waals surface area contributed by atoms with Crippen molar-refractivity contribution in [1.29, 1.82) is 0 Å². The Kier molecular flexibility index (Phi) is 6.48. The van der Waals surface area contributed by atoms with E-state index in [1.165, 1.54) is 4.90 Å². The van der Waals surface area contributed by atoms with E-state index < -0.39 is 18.0 Å². The minimum absolute atomic E-state index is 0.226. The number of amides is 4. The van der Waals surface area contributed by atoms with Gasteiger partial charge in [0.2, 0.25) is 11.8 Å². The molecule has 0 aliphatic heterocycles. The number of carbonyl (C=O) groups excluding carboxylic acids is 3. The van der Waals surface area contributed by atoms with Crippen LogP contribution in [0.1, 0.15) is 13.8 Å². The first-order chi connectivity index (χ1) is 7.42. The van der Waals surface area contributed by atoms with E-state index in [2.05, 4.69) is 5.32 Å². The molecule has 0 bridgehead atoms. The molecule has 0 saturated heterocycles. The predicted molar refractivity (Wildman–Crippen MR) is 60.2 cm³/mol. The fourth-order valence-corrected chi connectivity index (χ4v) is 1.01. The molecule has 0 aliphatic rings. The molecule has 1 atom stereocenters. The summed E-state index contributed by atoms with van der Waals surface area (Å²) < 4.78 is 0. The van der Waals surface area contributed by atoms with Gasteiger partial charge in [0.25, 0.3) is 0 Å². The van der Waals surface area contributed by atoms with Gasteiger partial charge in [0.1, 0.15) is 11.9 Å². The number of hydrogen-bond acceptors (Lipinski definition) is 3. The van der Waals surface area contributed by atoms with E-state index in [1.54, 1.807) is 14.0 Å². The molecule has 0 rings (SSSR count). The lowest BCUT2D eigenvalue weighted by Crippen LogP contribution is -2.50. The number of halogens is 1. The monoisotopic (exact) mass is 249 g/mol. The Morgan fingerprint density at radius 2 is 1.94 bits per heavy atom. The maximum Gasteiger partial charge on any atom is 0.322 e. The molecule has 4 amide bonds. The highest BCUT2D eigenvalue weighted by Crippen LogP contribution is 1.91. The van der Waals surface area contributed by atoms with Crippen molar-refractivity contribution in [3.8, 4) is 0 Å². The zero-order valence-corrected chi connectivity index (χ0v) is 10.3. The number of imide groups is 1. The molecule has 0 aliphatic carbocycles. The third-order valence-corrected chi connectivity index (χ3v) is 2.19. The predicted octanol–water partition coefficient (Wildman–Crippen LogP) is -0.0822. The fourth-order valence-electron chi connectivity index (χ4n) is 0.941. The van der Waals surface area contributed by atoms with Crippen LogP contribution in [0.5, 0.6) is 0 Å². The second-order valence-corrected chi connectivity index (χ2v) is 3.50. The summed E-state index contributed by atoms with van der Waals surface area (Å²) in [7, 11) is 1.63. The topological polar surface area (TPSA) is 78.5 Å². The van der Waals surface area contributed by atoms with Crippen LogP contribution in [0, 0.1) is 0 Å². The quantitative estimate of drug-likeness (QED) is 0.684. The molecule has 0 aromatic rings. The lowest BCUT2D eigenvalue weighted by atomic mass is 10.3. The Bertz CT molecular complexity index is 283. The maximum atomic E-state index is 11.5. The molecule has 0 radical (unpaired) electrons. The van der Waals surface area contributed by atoms with Crippen molar-refractivity contribution in [1.82, 2.24) is 15.5 Å². The molecule has 0 heterocycles. The van der Waals surface area contributed by atoms with E-state index >= 15 is 0 Å². The van der Waals surface area contributed by atoms with Gasteiger partial charge in [-0.05, 0) is 13.8 Å². The van der Waals surface area contributed by atoms with Gasteiger partial charge in [0.05, 0.1) is 0 Å². The molecule has 0 fully saturated rings. The van der Waals surface area contributed by atoms with E-state index in [0.29, 0.717) is 6.54 Å². The van der Waals surface area contributed by atoms with Gasteiger partial charge >= 0.3 is 6.03 Å². The number of nitrogens with one attached hydrogen (secondary N) is 2. The largest absolute Gasteiger partial charge is 0.344 e. The van der Waals surface area contributed by atoms with Crippen LogP contribution in [0.2, 0.25) is 0 Å². The van der Waals surface area contributed by atoms with Crippen molar-refractivity contribution in [2.75, 3.05) is 19.5 Å². The van der Waals surface area contributed by atoms with Crippen LogP contribution in [0.3, 0.4) is 0 Å². The maximum absolute atomic E-state index is 11.5. The molecule has 1 unspecified atom stereocenters. The SMILES string of the molecule is CCN(C)C(=O)C(C)NC(=O)NC(=O)CCl. The average Bonchev–Trinajstić information content (AvgIpc) is 2.26. The van der Waals surface area contributed by atoms with E-state index in [1.807, 2.05) is 12.2 Å². The summed E-state index contributed by atoms with van der Waals surface area (Å²) in [5.74, 6) is -1.14. The van der Waals surface area contributed by atoms with Gasteiger partial charge in [-0.25, -0.2) is 4.79 Å². The molecule has 92 valence electrons. The summed E-state index contributed by atoms with van der Waals surface area (Å²) >= 11 is 5.20. The smallest absolute Gasteiger partial charge is 0.322 e. The molecular formula is C9H16ClN3O3. The molecule has 0 aromatic heterocycles. The Hall–Kier alpha value is -1.30. The van der Waals surface area contributed by atoms with Crippen LogP contribution in [-0.4, -0.2) is 48.3 Å². The van der Waals surface area contributed by atoms with Crippen molar-refractivity contribution >= 4 is 29.4 Å². The molecule has 0 saturated carbocycles. The van der Waals surface area contributed by atoms with E-state index in [4.69, 9.17) is 11.6 Å². The van der Waals surface area contributed by atoms with Crippen molar-refractivity contribution in [2.45, 2.75) is 19.9 Å². The van der Waals surface area contributed by atoms with Gasteiger partial charge in [-0.2, -0.15) is 0 Å². The summed E-state index contributed by atoms with van der Waals surface area (Å²) in [6.07, 6.45) is 0. The van der Waals surface area contributed by atoms with Crippen LogP contribution in [0.15, 0.2) is 0 Å². The van der Waals surface area contributed by atoms with Crippen molar-refractivity contribution in [3.63, 3.8) is 0 Å². The Morgan fingerprint density at radius 3 is 2.38 bits per heavy atom. The number of nitrogens with zero attached hydrogens (tertiary/aromatic N) is 1. The normalized spacial score (nSPS) is 11.5. The first-order valence-electron chi connectivity index (χ1n) is 4.83. The summed E-state index contributed by atoms with van der Waals surface area (Å²) in [5, 5.41) is 4.32. The minimum atomic E-state index is -0.726. The van der Waals surface area contributed by atoms with Crippen molar-refractivity contribution in [3.05, 3.63) is 0 Å². The number of urea groups is 1. The number of likely N-dealkylation sites (N-methyl/N-ethyl adjacent to an activating group) is 1. The molecular weight excluding hydrogens is 234 g/mol. The van der Waals surface area contributed by atoms with Crippen LogP contribution in [0.4, 0.5) is 4.79 Å². The number of carbonyl (C=O) groups is 3. The molecule has 2 N–H and O–H groups in total. The van der Waals surface area contributed by atoms with Gasteiger partial charge in [-0.1, -0.05) is 0 Å². The third-order valence-electron chi connectivity index (χ3n) is 1.94. The lowest BCUT2D eigenvalue weighted by Gasteiger charge is -2.20. The Labute approximate surface area is 99.3 Å². The minimum Gasteiger partial charge on any atom is -0.344 e. The van der Waals surface area contributed by atoms with Gasteiger partial charge in [0.15, 0.2) is 0 Å². The highest BCUT2D eigenvalue weighted by atomic mass is 35.5. The number of alkyl halides is 1. The van der Waals surface area contributed by atoms with Crippen LogP contribution in [0.25, 0.3) is 0 Å². The molecule has 7 heteroatoms. The van der Waals surface area contributed by atoms with E-state index in [9.17, 15) is 14.4 Å². The average molecular weight is 250 g/mol. The third kappa shape index (κ3) is 4.97. The fraction of sp³-hybridized carbons (Fsp3) is 0.667. The van der Waals surface area contributed by atoms with Crippen molar-refractivity contribution < 1.29 is 14.4 Å². The molecule has 0 aromatic carbocycles. The summed E-state index contributed by atoms with van der Waals surface area (Å²) in [4.78, 5) is 34.9. The summed E-state index contributed by atoms with van der Waals surface area (Å²) in [5.41, 5.74) is 0. The second-order valence-electron chi connectivity index (χ2n) is 3.23. The van der Waals surface area contributed by atoms with Gasteiger partial charge in [0, 0.05) is 13.6 Å². The Morgan fingerprint density at radius 1 is 1.38 bits per heavy atom. The molecule has 16 heavy (non-hydrogen) atoms. The zero-order valence-electron chi connectivity index (χ0n) is 9.54. The van der Waals surface area contributed by atoms with E-state index in [0.717, 1.165) is 0 Å². The first-order valence-corrected chi connectivity index (χ1v) is 5.37. The second kappa shape index (κ2) is 7.05. The summed E-state index contributed by atoms with van der Waals surface area (Å²) in [6, 6.07) is -1.41. The highest BCUT2D eigenvalue weighted by molar-refractivity contribution is 6.28. The lowest BCUT2D eigenvalue weighted by molar-refractivity contribution is -0.131. The zero-order chi connectivity index (χ0) is 12.7. The van der Waals surface area contributed by atoms with Gasteiger partial charge < -0.3 is 10.2 Å². The highest BCUT2D eigenvalue weighted by Gasteiger charge is 2.18. The van der Waals surface area contributed by atoms with Crippen LogP contribution < -0.4 is 10.6 Å². The molecule has 0 spiro atoms. The van der Waals surface area contributed by atoms with Crippen LogP contribution in [-0.2, 0) is 9.59 Å². The first kappa shape index (κ1) is 14.7. The van der Waals surface area contributed by atoms with Crippen molar-refractivity contribution in [2.24, 2.45) is 0 Å². The molecule has 6 nitrogen and oxygen atoms in total. The van der Waals surface area contributed by atoms with Gasteiger partial charge in [-0.15, -0.1) is 11.6 Å². The number of hydrogen-bond donors (Lipinski definition) is 2.